The smallest absolute Gasteiger partial charge is 0.211 e. The molecule has 1 atom stereocenters. The number of benzene rings is 2. The first-order chi connectivity index (χ1) is 12.5. The fraction of sp³-hybridized carbons (Fsp3) is 0.400. The summed E-state index contributed by atoms with van der Waals surface area (Å²) in [4.78, 5) is 0. The van der Waals surface area contributed by atoms with E-state index in [0.29, 0.717) is 30.9 Å². The van der Waals surface area contributed by atoms with E-state index in [1.807, 2.05) is 30.3 Å². The van der Waals surface area contributed by atoms with Gasteiger partial charge in [0.05, 0.1) is 26.5 Å². The molecule has 1 aliphatic heterocycles. The molecule has 0 amide bonds. The van der Waals surface area contributed by atoms with E-state index in [9.17, 15) is 8.42 Å². The number of fused-ring (bicyclic) bond motifs is 1. The molecule has 5 nitrogen and oxygen atoms in total. The Kier molecular flexibility index (Phi) is 5.53. The minimum Gasteiger partial charge on any atom is -0.493 e. The summed E-state index contributed by atoms with van der Waals surface area (Å²) in [5, 5.41) is 0. The lowest BCUT2D eigenvalue weighted by atomic mass is 9.89. The van der Waals surface area contributed by atoms with Gasteiger partial charge in [0.25, 0.3) is 0 Å². The highest BCUT2D eigenvalue weighted by Crippen LogP contribution is 2.44. The summed E-state index contributed by atoms with van der Waals surface area (Å²) in [6.45, 7) is 0.487. The summed E-state index contributed by atoms with van der Waals surface area (Å²) >= 11 is 0. The Morgan fingerprint density at radius 3 is 2.42 bits per heavy atom. The zero-order chi connectivity index (χ0) is 18.7. The molecule has 0 spiro atoms. The molecule has 2 aromatic carbocycles. The third kappa shape index (κ3) is 3.71. The van der Waals surface area contributed by atoms with Crippen LogP contribution in [0.25, 0.3) is 0 Å². The summed E-state index contributed by atoms with van der Waals surface area (Å²) in [5.74, 6) is 1.27. The Balaban J connectivity index is 2.04. The zero-order valence-corrected chi connectivity index (χ0v) is 16.3. The van der Waals surface area contributed by atoms with Crippen molar-refractivity contribution < 1.29 is 17.9 Å². The highest BCUT2D eigenvalue weighted by molar-refractivity contribution is 7.88. The SMILES string of the molecule is COc1ccc2c(c1OC)C(CCc1ccccc1)N(S(C)(=O)=O)CC2. The molecule has 0 saturated carbocycles. The molecule has 26 heavy (non-hydrogen) atoms. The maximum absolute atomic E-state index is 12.4. The monoisotopic (exact) mass is 375 g/mol. The van der Waals surface area contributed by atoms with Crippen molar-refractivity contribution >= 4 is 10.0 Å². The Bertz CT molecular complexity index is 865. The fourth-order valence-electron chi connectivity index (χ4n) is 3.74. The van der Waals surface area contributed by atoms with Gasteiger partial charge in [0.2, 0.25) is 10.0 Å². The van der Waals surface area contributed by atoms with Crippen LogP contribution in [0.5, 0.6) is 11.5 Å². The van der Waals surface area contributed by atoms with Gasteiger partial charge < -0.3 is 9.47 Å². The maximum atomic E-state index is 12.4. The predicted octanol–water partition coefficient (Wildman–Crippen LogP) is 3.20. The number of ether oxygens (including phenoxy) is 2. The van der Waals surface area contributed by atoms with Crippen molar-refractivity contribution in [1.29, 1.82) is 0 Å². The second-order valence-electron chi connectivity index (χ2n) is 6.54. The molecule has 0 bridgehead atoms. The van der Waals surface area contributed by atoms with Gasteiger partial charge in [-0.3, -0.25) is 0 Å². The lowest BCUT2D eigenvalue weighted by Gasteiger charge is -2.37. The standard InChI is InChI=1S/C20H25NO4S/c1-24-18-12-10-16-13-14-21(26(3,22)23)17(19(16)20(18)25-2)11-9-15-7-5-4-6-8-15/h4-8,10,12,17H,9,11,13-14H2,1-3H3. The van der Waals surface area contributed by atoms with E-state index >= 15 is 0 Å². The Morgan fingerprint density at radius 2 is 1.81 bits per heavy atom. The van der Waals surface area contributed by atoms with Crippen molar-refractivity contribution in [3.63, 3.8) is 0 Å². The van der Waals surface area contributed by atoms with E-state index < -0.39 is 10.0 Å². The van der Waals surface area contributed by atoms with Crippen molar-refractivity contribution in [3.8, 4) is 11.5 Å². The third-order valence-electron chi connectivity index (χ3n) is 4.93. The summed E-state index contributed by atoms with van der Waals surface area (Å²) in [5.41, 5.74) is 3.25. The molecule has 6 heteroatoms. The first kappa shape index (κ1) is 18.7. The highest BCUT2D eigenvalue weighted by atomic mass is 32.2. The number of nitrogens with zero attached hydrogens (tertiary/aromatic N) is 1. The summed E-state index contributed by atoms with van der Waals surface area (Å²) in [6.07, 6.45) is 3.43. The van der Waals surface area contributed by atoms with Crippen LogP contribution in [0.3, 0.4) is 0 Å². The summed E-state index contributed by atoms with van der Waals surface area (Å²) < 4.78 is 37.5. The number of sulfonamides is 1. The van der Waals surface area contributed by atoms with Crippen LogP contribution in [0.1, 0.15) is 29.2 Å². The van der Waals surface area contributed by atoms with Crippen LogP contribution in [0.15, 0.2) is 42.5 Å². The number of methoxy groups -OCH3 is 2. The van der Waals surface area contributed by atoms with Crippen LogP contribution in [0.2, 0.25) is 0 Å². The van der Waals surface area contributed by atoms with Gasteiger partial charge in [-0.05, 0) is 36.5 Å². The van der Waals surface area contributed by atoms with Crippen LogP contribution in [0.4, 0.5) is 0 Å². The summed E-state index contributed by atoms with van der Waals surface area (Å²) in [7, 11) is -0.129. The fourth-order valence-corrected chi connectivity index (χ4v) is 4.83. The highest BCUT2D eigenvalue weighted by Gasteiger charge is 2.36. The van der Waals surface area contributed by atoms with Gasteiger partial charge in [-0.2, -0.15) is 4.31 Å². The van der Waals surface area contributed by atoms with Crippen molar-refractivity contribution in [2.45, 2.75) is 25.3 Å². The maximum Gasteiger partial charge on any atom is 0.211 e. The van der Waals surface area contributed by atoms with Crippen molar-refractivity contribution in [1.82, 2.24) is 4.31 Å². The van der Waals surface area contributed by atoms with Crippen LogP contribution in [-0.2, 0) is 22.9 Å². The molecule has 3 rings (SSSR count). The number of rotatable bonds is 6. The number of aryl methyl sites for hydroxylation is 1. The average Bonchev–Trinajstić information content (AvgIpc) is 2.64. The minimum absolute atomic E-state index is 0.265. The molecular weight excluding hydrogens is 350 g/mol. The van der Waals surface area contributed by atoms with Gasteiger partial charge >= 0.3 is 0 Å². The normalized spacial score (nSPS) is 17.6. The van der Waals surface area contributed by atoms with Crippen LogP contribution in [0, 0.1) is 0 Å². The van der Waals surface area contributed by atoms with Crippen molar-refractivity contribution in [3.05, 3.63) is 59.2 Å². The molecule has 1 aliphatic rings. The predicted molar refractivity (Wildman–Crippen MR) is 102 cm³/mol. The largest absolute Gasteiger partial charge is 0.493 e. The minimum atomic E-state index is -3.33. The van der Waals surface area contributed by atoms with Crippen molar-refractivity contribution in [2.24, 2.45) is 0 Å². The first-order valence-electron chi connectivity index (χ1n) is 8.70. The van der Waals surface area contributed by atoms with Crippen LogP contribution in [-0.4, -0.2) is 39.7 Å². The van der Waals surface area contributed by atoms with E-state index in [4.69, 9.17) is 9.47 Å². The van der Waals surface area contributed by atoms with Gasteiger partial charge in [0.1, 0.15) is 0 Å². The first-order valence-corrected chi connectivity index (χ1v) is 10.5. The van der Waals surface area contributed by atoms with Gasteiger partial charge in [0, 0.05) is 12.1 Å². The average molecular weight is 375 g/mol. The topological polar surface area (TPSA) is 55.8 Å². The van der Waals surface area contributed by atoms with E-state index in [-0.39, 0.29) is 6.04 Å². The number of hydrogen-bond acceptors (Lipinski definition) is 4. The quantitative estimate of drug-likeness (QED) is 0.778. The van der Waals surface area contributed by atoms with E-state index in [0.717, 1.165) is 17.5 Å². The van der Waals surface area contributed by atoms with Gasteiger partial charge in [-0.25, -0.2) is 8.42 Å². The van der Waals surface area contributed by atoms with Gasteiger partial charge in [-0.15, -0.1) is 0 Å². The molecule has 0 saturated heterocycles. The summed E-state index contributed by atoms with van der Waals surface area (Å²) in [6, 6.07) is 13.8. The van der Waals surface area contributed by atoms with Gasteiger partial charge in [-0.1, -0.05) is 36.4 Å². The van der Waals surface area contributed by atoms with Gasteiger partial charge in [0.15, 0.2) is 11.5 Å². The number of hydrogen-bond donors (Lipinski definition) is 0. The van der Waals surface area contributed by atoms with Crippen molar-refractivity contribution in [2.75, 3.05) is 27.0 Å². The Hall–Kier alpha value is -2.05. The molecule has 140 valence electrons. The second kappa shape index (κ2) is 7.68. The molecule has 2 aromatic rings. The Labute approximate surface area is 155 Å². The molecule has 0 N–H and O–H groups in total. The molecule has 0 fully saturated rings. The molecule has 1 unspecified atom stereocenters. The molecule has 0 radical (unpaired) electrons. The molecular formula is C20H25NO4S. The van der Waals surface area contributed by atoms with E-state index in [2.05, 4.69) is 12.1 Å². The lowest BCUT2D eigenvalue weighted by Crippen LogP contribution is -2.40. The van der Waals surface area contributed by atoms with E-state index in [1.54, 1.807) is 18.5 Å². The van der Waals surface area contributed by atoms with Crippen LogP contribution < -0.4 is 9.47 Å². The molecule has 1 heterocycles. The van der Waals surface area contributed by atoms with Crippen LogP contribution >= 0.6 is 0 Å². The lowest BCUT2D eigenvalue weighted by molar-refractivity contribution is 0.278. The Morgan fingerprint density at radius 1 is 1.08 bits per heavy atom. The molecule has 0 aliphatic carbocycles. The zero-order valence-electron chi connectivity index (χ0n) is 15.4. The van der Waals surface area contributed by atoms with E-state index in [1.165, 1.54) is 11.8 Å². The molecule has 0 aromatic heterocycles. The second-order valence-corrected chi connectivity index (χ2v) is 8.47. The third-order valence-corrected chi connectivity index (χ3v) is 6.22.